The minimum absolute atomic E-state index is 0.0940. The molecule has 0 heterocycles. The summed E-state index contributed by atoms with van der Waals surface area (Å²) in [5, 5.41) is 0. The molecule has 0 aliphatic carbocycles. The average Bonchev–Trinajstić information content (AvgIpc) is 2.73. The zero-order valence-corrected chi connectivity index (χ0v) is 21.8. The molecule has 0 aliphatic rings. The van der Waals surface area contributed by atoms with E-state index in [2.05, 4.69) is 64.1 Å². The van der Waals surface area contributed by atoms with Crippen molar-refractivity contribution in [2.45, 2.75) is 87.0 Å². The predicted octanol–water partition coefficient (Wildman–Crippen LogP) is 7.88. The molecule has 0 spiro atoms. The van der Waals surface area contributed by atoms with E-state index in [9.17, 15) is 4.79 Å². The summed E-state index contributed by atoms with van der Waals surface area (Å²) in [4.78, 5) is 12.3. The molecule has 0 saturated carbocycles. The van der Waals surface area contributed by atoms with Gasteiger partial charge in [-0.15, -0.1) is 0 Å². The first-order valence-corrected chi connectivity index (χ1v) is 11.9. The summed E-state index contributed by atoms with van der Waals surface area (Å²) in [5.41, 5.74) is 2.90. The zero-order valence-electron chi connectivity index (χ0n) is 21.8. The van der Waals surface area contributed by atoms with E-state index in [0.29, 0.717) is 6.61 Å². The fourth-order valence-electron chi connectivity index (χ4n) is 3.62. The average molecular weight is 441 g/mol. The minimum Gasteiger partial charge on any atom is -0.493 e. The number of benzene rings is 1. The minimum atomic E-state index is -0.400. The highest BCUT2D eigenvalue weighted by molar-refractivity contribution is 5.85. The second-order valence-corrected chi connectivity index (χ2v) is 9.70. The maximum atomic E-state index is 12.3. The van der Waals surface area contributed by atoms with E-state index in [1.54, 1.807) is 0 Å². The maximum Gasteiger partial charge on any atom is 0.175 e. The van der Waals surface area contributed by atoms with Gasteiger partial charge < -0.3 is 9.47 Å². The van der Waals surface area contributed by atoms with Crippen LogP contribution in [0.4, 0.5) is 0 Å². The van der Waals surface area contributed by atoms with Crippen molar-refractivity contribution in [2.75, 3.05) is 13.2 Å². The van der Waals surface area contributed by atoms with Crippen LogP contribution in [0.25, 0.3) is 0 Å². The van der Waals surface area contributed by atoms with Crippen LogP contribution in [0.3, 0.4) is 0 Å². The molecule has 0 amide bonds. The Hall–Kier alpha value is -2.29. The lowest BCUT2D eigenvalue weighted by atomic mass is 9.73. The highest BCUT2D eigenvalue weighted by Crippen LogP contribution is 2.41. The molecule has 0 aliphatic heterocycles. The van der Waals surface area contributed by atoms with Crippen LogP contribution in [0.15, 0.2) is 53.8 Å². The molecule has 0 atom stereocenters. The number of ketones is 1. The van der Waals surface area contributed by atoms with Crippen LogP contribution in [-0.4, -0.2) is 19.0 Å². The van der Waals surface area contributed by atoms with Gasteiger partial charge in [0.05, 0.1) is 5.41 Å². The number of allylic oxidation sites excluding steroid dienone is 5. The van der Waals surface area contributed by atoms with Gasteiger partial charge in [-0.05, 0) is 76.3 Å². The molecule has 0 N–H and O–H groups in total. The SMILES string of the molecule is C/C=C\C/C=C(\OCC=C(C)C)C(CC)(CC)c1ccc(OCC(=O)C(C)(C)C)c(C)c1. The van der Waals surface area contributed by atoms with Crippen molar-refractivity contribution >= 4 is 5.78 Å². The number of hydrogen-bond donors (Lipinski definition) is 0. The van der Waals surface area contributed by atoms with E-state index in [1.807, 2.05) is 40.7 Å². The zero-order chi connectivity index (χ0) is 24.4. The molecule has 1 aromatic rings. The maximum absolute atomic E-state index is 12.3. The fraction of sp³-hybridized carbons (Fsp3) is 0.552. The van der Waals surface area contributed by atoms with E-state index in [0.717, 1.165) is 36.3 Å². The monoisotopic (exact) mass is 440 g/mol. The van der Waals surface area contributed by atoms with Gasteiger partial charge in [0.2, 0.25) is 0 Å². The predicted molar refractivity (Wildman–Crippen MR) is 136 cm³/mol. The number of hydrogen-bond acceptors (Lipinski definition) is 3. The highest BCUT2D eigenvalue weighted by Gasteiger charge is 2.35. The summed E-state index contributed by atoms with van der Waals surface area (Å²) in [6.45, 7) is 19.1. The number of carbonyl (C=O) groups is 1. The van der Waals surface area contributed by atoms with Crippen LogP contribution >= 0.6 is 0 Å². The summed E-state index contributed by atoms with van der Waals surface area (Å²) < 4.78 is 12.2. The van der Waals surface area contributed by atoms with E-state index < -0.39 is 5.41 Å². The Kier molecular flexibility index (Phi) is 11.0. The van der Waals surface area contributed by atoms with Gasteiger partial charge >= 0.3 is 0 Å². The van der Waals surface area contributed by atoms with Gasteiger partial charge in [0, 0.05) is 5.41 Å². The van der Waals surface area contributed by atoms with Gasteiger partial charge in [0.1, 0.15) is 24.7 Å². The molecular weight excluding hydrogens is 396 g/mol. The fourth-order valence-corrected chi connectivity index (χ4v) is 3.62. The molecule has 0 aromatic heterocycles. The van der Waals surface area contributed by atoms with Crippen LogP contribution in [0, 0.1) is 12.3 Å². The van der Waals surface area contributed by atoms with Crippen molar-refractivity contribution in [1.29, 1.82) is 0 Å². The Bertz CT molecular complexity index is 826. The van der Waals surface area contributed by atoms with E-state index in [1.165, 1.54) is 11.1 Å². The standard InChI is InChI=1S/C29H44O3/c1-10-13-14-15-27(31-19-18-22(4)5)29(11-2,12-3)24-16-17-25(23(6)20-24)32-21-26(30)28(7,8)9/h10,13,15-18,20H,11-12,14,19,21H2,1-9H3/b13-10-,27-15-. The Labute approximate surface area is 196 Å². The summed E-state index contributed by atoms with van der Waals surface area (Å²) in [7, 11) is 0. The van der Waals surface area contributed by atoms with Crippen molar-refractivity contribution in [1.82, 2.24) is 0 Å². The van der Waals surface area contributed by atoms with Crippen LogP contribution in [0.2, 0.25) is 0 Å². The second kappa shape index (κ2) is 12.7. The number of Topliss-reactive ketones (excluding diaryl/α,β-unsaturated/α-hetero) is 1. The van der Waals surface area contributed by atoms with Crippen molar-refractivity contribution in [3.05, 3.63) is 65.0 Å². The van der Waals surface area contributed by atoms with Crippen LogP contribution < -0.4 is 4.74 Å². The lowest BCUT2D eigenvalue weighted by molar-refractivity contribution is -0.128. The number of aryl methyl sites for hydroxylation is 1. The Balaban J connectivity index is 3.29. The van der Waals surface area contributed by atoms with Gasteiger partial charge in [0.15, 0.2) is 5.78 Å². The molecule has 1 rings (SSSR count). The summed E-state index contributed by atoms with van der Waals surface area (Å²) >= 11 is 0. The summed E-state index contributed by atoms with van der Waals surface area (Å²) in [6.07, 6.45) is 11.3. The van der Waals surface area contributed by atoms with Crippen molar-refractivity contribution in [3.8, 4) is 5.75 Å². The van der Waals surface area contributed by atoms with Gasteiger partial charge in [-0.1, -0.05) is 64.5 Å². The second-order valence-electron chi connectivity index (χ2n) is 9.70. The van der Waals surface area contributed by atoms with Crippen LogP contribution in [0.5, 0.6) is 5.75 Å². The molecule has 0 fully saturated rings. The molecule has 0 radical (unpaired) electrons. The number of carbonyl (C=O) groups excluding carboxylic acids is 1. The molecule has 32 heavy (non-hydrogen) atoms. The number of rotatable bonds is 12. The molecule has 0 bridgehead atoms. The Morgan fingerprint density at radius 2 is 1.72 bits per heavy atom. The van der Waals surface area contributed by atoms with Crippen molar-refractivity contribution in [2.24, 2.45) is 5.41 Å². The van der Waals surface area contributed by atoms with E-state index in [-0.39, 0.29) is 17.8 Å². The molecule has 0 saturated heterocycles. The van der Waals surface area contributed by atoms with E-state index in [4.69, 9.17) is 9.47 Å². The molecule has 1 aromatic carbocycles. The van der Waals surface area contributed by atoms with Crippen molar-refractivity contribution < 1.29 is 14.3 Å². The number of ether oxygens (including phenoxy) is 2. The van der Waals surface area contributed by atoms with Crippen LogP contribution in [-0.2, 0) is 14.9 Å². The lowest BCUT2D eigenvalue weighted by Crippen LogP contribution is -2.29. The quantitative estimate of drug-likeness (QED) is 0.245. The summed E-state index contributed by atoms with van der Waals surface area (Å²) in [5.74, 6) is 1.88. The normalized spacial score (nSPS) is 12.7. The topological polar surface area (TPSA) is 35.5 Å². The van der Waals surface area contributed by atoms with Gasteiger partial charge in [-0.25, -0.2) is 0 Å². The molecular formula is C29H44O3. The molecule has 0 unspecified atom stereocenters. The first-order chi connectivity index (χ1) is 15.0. The molecule has 178 valence electrons. The van der Waals surface area contributed by atoms with Gasteiger partial charge in [-0.2, -0.15) is 0 Å². The summed E-state index contributed by atoms with van der Waals surface area (Å²) in [6, 6.07) is 6.32. The molecule has 3 nitrogen and oxygen atoms in total. The molecule has 3 heteroatoms. The van der Waals surface area contributed by atoms with E-state index >= 15 is 0 Å². The first kappa shape index (κ1) is 27.7. The third-order valence-electron chi connectivity index (χ3n) is 6.01. The van der Waals surface area contributed by atoms with Crippen LogP contribution in [0.1, 0.15) is 85.8 Å². The third kappa shape index (κ3) is 7.69. The van der Waals surface area contributed by atoms with Gasteiger partial charge in [0.25, 0.3) is 0 Å². The lowest BCUT2D eigenvalue weighted by Gasteiger charge is -2.35. The highest BCUT2D eigenvalue weighted by atomic mass is 16.5. The first-order valence-electron chi connectivity index (χ1n) is 11.9. The van der Waals surface area contributed by atoms with Gasteiger partial charge in [-0.3, -0.25) is 4.79 Å². The Morgan fingerprint density at radius 3 is 2.22 bits per heavy atom. The Morgan fingerprint density at radius 1 is 1.06 bits per heavy atom. The largest absolute Gasteiger partial charge is 0.493 e. The third-order valence-corrected chi connectivity index (χ3v) is 6.01. The smallest absolute Gasteiger partial charge is 0.175 e. The van der Waals surface area contributed by atoms with Crippen molar-refractivity contribution in [3.63, 3.8) is 0 Å².